The Morgan fingerprint density at radius 1 is 1.03 bits per heavy atom. The Hall–Kier alpha value is -3.10. The fourth-order valence-electron chi connectivity index (χ4n) is 4.07. The Labute approximate surface area is 188 Å². The maximum Gasteiger partial charge on any atom is 0.224 e. The van der Waals surface area contributed by atoms with Gasteiger partial charge in [0.25, 0.3) is 0 Å². The number of aromatic nitrogens is 3. The van der Waals surface area contributed by atoms with Crippen LogP contribution in [0, 0.1) is 12.7 Å². The van der Waals surface area contributed by atoms with E-state index in [1.54, 1.807) is 18.3 Å². The number of halogens is 1. The van der Waals surface area contributed by atoms with Gasteiger partial charge in [0, 0.05) is 76.5 Å². The molecule has 1 atom stereocenters. The molecule has 0 spiro atoms. The van der Waals surface area contributed by atoms with Crippen LogP contribution in [0.4, 0.5) is 16.0 Å². The van der Waals surface area contributed by atoms with Gasteiger partial charge in [0.05, 0.1) is 11.4 Å². The lowest BCUT2D eigenvalue weighted by molar-refractivity contribution is 0.213. The van der Waals surface area contributed by atoms with Crippen LogP contribution >= 0.6 is 0 Å². The fraction of sp³-hybridized carbons (Fsp3) is 0.375. The number of anilines is 2. The molecule has 1 N–H and O–H groups in total. The van der Waals surface area contributed by atoms with Crippen LogP contribution in [0.1, 0.15) is 28.5 Å². The highest BCUT2D eigenvalue weighted by molar-refractivity contribution is 5.58. The number of aryl methyl sites for hydroxylation is 1. The highest BCUT2D eigenvalue weighted by Crippen LogP contribution is 2.34. The van der Waals surface area contributed by atoms with E-state index in [9.17, 15) is 9.50 Å². The predicted molar refractivity (Wildman–Crippen MR) is 123 cm³/mol. The average molecular weight is 437 g/mol. The molecule has 0 aliphatic carbocycles. The monoisotopic (exact) mass is 436 g/mol. The van der Waals surface area contributed by atoms with Crippen LogP contribution in [-0.2, 0) is 6.54 Å². The lowest BCUT2D eigenvalue weighted by atomic mass is 9.99. The molecule has 4 rings (SSSR count). The Morgan fingerprint density at radius 2 is 1.75 bits per heavy atom. The average Bonchev–Trinajstić information content (AvgIpc) is 2.80. The minimum absolute atomic E-state index is 0.323. The van der Waals surface area contributed by atoms with E-state index >= 15 is 0 Å². The summed E-state index contributed by atoms with van der Waals surface area (Å²) in [6.45, 7) is 5.54. The van der Waals surface area contributed by atoms with Crippen molar-refractivity contribution < 1.29 is 9.50 Å². The highest BCUT2D eigenvalue weighted by Gasteiger charge is 2.26. The third-order valence-electron chi connectivity index (χ3n) is 5.81. The molecule has 168 valence electrons. The summed E-state index contributed by atoms with van der Waals surface area (Å²) in [7, 11) is 3.83. The zero-order valence-corrected chi connectivity index (χ0v) is 18.7. The zero-order chi connectivity index (χ0) is 22.7. The maximum absolute atomic E-state index is 15.0. The van der Waals surface area contributed by atoms with Crippen LogP contribution in [0.5, 0.6) is 0 Å². The quantitative estimate of drug-likeness (QED) is 0.637. The summed E-state index contributed by atoms with van der Waals surface area (Å²) in [6.07, 6.45) is 4.38. The third kappa shape index (κ3) is 4.71. The van der Waals surface area contributed by atoms with Crippen molar-refractivity contribution in [3.63, 3.8) is 0 Å². The second kappa shape index (κ2) is 9.58. The molecule has 1 aliphatic rings. The normalized spacial score (nSPS) is 15.6. The Bertz CT molecular complexity index is 1050. The van der Waals surface area contributed by atoms with E-state index in [4.69, 9.17) is 0 Å². The molecule has 0 unspecified atom stereocenters. The molecule has 0 saturated carbocycles. The van der Waals surface area contributed by atoms with Crippen LogP contribution in [0.25, 0.3) is 0 Å². The van der Waals surface area contributed by atoms with Crippen LogP contribution in [-0.4, -0.2) is 65.2 Å². The number of aliphatic hydroxyl groups excluding tert-OH is 1. The summed E-state index contributed by atoms with van der Waals surface area (Å²) < 4.78 is 15.0. The molecule has 3 aromatic rings. The zero-order valence-electron chi connectivity index (χ0n) is 18.7. The van der Waals surface area contributed by atoms with E-state index in [0.717, 1.165) is 30.8 Å². The van der Waals surface area contributed by atoms with Crippen molar-refractivity contribution in [1.82, 2.24) is 19.9 Å². The van der Waals surface area contributed by atoms with Crippen molar-refractivity contribution in [3.8, 4) is 0 Å². The molecule has 0 radical (unpaired) electrons. The predicted octanol–water partition coefficient (Wildman–Crippen LogP) is 2.79. The van der Waals surface area contributed by atoms with Gasteiger partial charge in [0.1, 0.15) is 11.9 Å². The first-order chi connectivity index (χ1) is 15.4. The molecule has 1 aliphatic heterocycles. The first-order valence-electron chi connectivity index (χ1n) is 10.8. The molecular formula is C24H29FN6O. The lowest BCUT2D eigenvalue weighted by Crippen LogP contribution is -2.46. The summed E-state index contributed by atoms with van der Waals surface area (Å²) in [6, 6.07) is 8.61. The van der Waals surface area contributed by atoms with Gasteiger partial charge in [-0.1, -0.05) is 18.2 Å². The number of hydrogen-bond donors (Lipinski definition) is 1. The van der Waals surface area contributed by atoms with Crippen molar-refractivity contribution in [2.45, 2.75) is 19.6 Å². The number of benzene rings is 1. The van der Waals surface area contributed by atoms with Crippen LogP contribution < -0.4 is 9.80 Å². The van der Waals surface area contributed by atoms with Gasteiger partial charge in [0.15, 0.2) is 0 Å². The van der Waals surface area contributed by atoms with Gasteiger partial charge in [-0.05, 0) is 24.6 Å². The molecule has 1 aromatic carbocycles. The van der Waals surface area contributed by atoms with Crippen molar-refractivity contribution in [3.05, 3.63) is 77.1 Å². The van der Waals surface area contributed by atoms with Gasteiger partial charge in [-0.3, -0.25) is 9.88 Å². The standard InChI is InChI=1S/C24H29FN6O/c1-17-6-5-9-26-21(17)23(32)19-7-4-8-20(25)22(19)31-12-10-30(11-13-31)16-18-14-27-24(28-15-18)29(2)3/h4-9,14-15,23,32H,10-13,16H2,1-3H3/t23-/m0/s1. The summed E-state index contributed by atoms with van der Waals surface area (Å²) in [5.41, 5.74) is 3.50. The number of piperazine rings is 1. The Morgan fingerprint density at radius 3 is 2.41 bits per heavy atom. The molecular weight excluding hydrogens is 407 g/mol. The highest BCUT2D eigenvalue weighted by atomic mass is 19.1. The van der Waals surface area contributed by atoms with E-state index in [2.05, 4.69) is 19.9 Å². The minimum atomic E-state index is -0.979. The molecule has 8 heteroatoms. The molecule has 0 amide bonds. The lowest BCUT2D eigenvalue weighted by Gasteiger charge is -2.37. The van der Waals surface area contributed by atoms with Crippen molar-refractivity contribution in [1.29, 1.82) is 0 Å². The van der Waals surface area contributed by atoms with Gasteiger partial charge >= 0.3 is 0 Å². The summed E-state index contributed by atoms with van der Waals surface area (Å²) in [4.78, 5) is 19.3. The second-order valence-corrected chi connectivity index (χ2v) is 8.33. The van der Waals surface area contributed by atoms with E-state index in [1.807, 2.05) is 55.3 Å². The smallest absolute Gasteiger partial charge is 0.224 e. The molecule has 0 bridgehead atoms. The Kier molecular flexibility index (Phi) is 6.62. The molecule has 32 heavy (non-hydrogen) atoms. The number of aliphatic hydroxyl groups is 1. The molecule has 1 saturated heterocycles. The van der Waals surface area contributed by atoms with Crippen LogP contribution in [0.2, 0.25) is 0 Å². The topological polar surface area (TPSA) is 68.6 Å². The number of pyridine rings is 1. The SMILES string of the molecule is Cc1cccnc1[C@@H](O)c1cccc(F)c1N1CCN(Cc2cnc(N(C)C)nc2)CC1. The summed E-state index contributed by atoms with van der Waals surface area (Å²) in [5, 5.41) is 11.0. The van der Waals surface area contributed by atoms with Gasteiger partial charge in [-0.25, -0.2) is 14.4 Å². The van der Waals surface area contributed by atoms with Gasteiger partial charge in [-0.15, -0.1) is 0 Å². The maximum atomic E-state index is 15.0. The van der Waals surface area contributed by atoms with Crippen molar-refractivity contribution in [2.75, 3.05) is 50.1 Å². The molecule has 2 aromatic heterocycles. The van der Waals surface area contributed by atoms with Crippen LogP contribution in [0.3, 0.4) is 0 Å². The Balaban J connectivity index is 1.47. The van der Waals surface area contributed by atoms with Gasteiger partial charge in [0.2, 0.25) is 5.95 Å². The van der Waals surface area contributed by atoms with Gasteiger partial charge < -0.3 is 14.9 Å². The number of hydrogen-bond acceptors (Lipinski definition) is 7. The second-order valence-electron chi connectivity index (χ2n) is 8.33. The summed E-state index contributed by atoms with van der Waals surface area (Å²) in [5.74, 6) is 0.364. The summed E-state index contributed by atoms with van der Waals surface area (Å²) >= 11 is 0. The van der Waals surface area contributed by atoms with E-state index in [1.165, 1.54) is 6.07 Å². The van der Waals surface area contributed by atoms with Crippen molar-refractivity contribution in [2.24, 2.45) is 0 Å². The first-order valence-corrected chi connectivity index (χ1v) is 10.8. The number of para-hydroxylation sites is 1. The number of nitrogens with zero attached hydrogens (tertiary/aromatic N) is 6. The first kappa shape index (κ1) is 22.1. The number of rotatable bonds is 6. The fourth-order valence-corrected chi connectivity index (χ4v) is 4.07. The van der Waals surface area contributed by atoms with E-state index in [-0.39, 0.29) is 5.82 Å². The van der Waals surface area contributed by atoms with Crippen molar-refractivity contribution >= 4 is 11.6 Å². The molecule has 1 fully saturated rings. The van der Waals surface area contributed by atoms with Gasteiger partial charge in [-0.2, -0.15) is 0 Å². The van der Waals surface area contributed by atoms with E-state index < -0.39 is 6.10 Å². The minimum Gasteiger partial charge on any atom is -0.382 e. The third-order valence-corrected chi connectivity index (χ3v) is 5.81. The van der Waals surface area contributed by atoms with Crippen LogP contribution in [0.15, 0.2) is 48.9 Å². The molecule has 3 heterocycles. The largest absolute Gasteiger partial charge is 0.382 e. The van der Waals surface area contributed by atoms with E-state index in [0.29, 0.717) is 36.0 Å². The molecule has 7 nitrogen and oxygen atoms in total.